The zero-order chi connectivity index (χ0) is 10.6. The molecule has 0 aromatic heterocycles. The fraction of sp³-hybridized carbons (Fsp3) is 1.00. The second-order valence-corrected chi connectivity index (χ2v) is 6.06. The lowest BCUT2D eigenvalue weighted by Crippen LogP contribution is -2.52. The van der Waals surface area contributed by atoms with Gasteiger partial charge in [-0.15, -0.1) is 0 Å². The van der Waals surface area contributed by atoms with Crippen LogP contribution in [0.4, 0.5) is 0 Å². The third-order valence-electron chi connectivity index (χ3n) is 3.53. The predicted octanol–water partition coefficient (Wildman–Crippen LogP) is 1.94. The largest absolute Gasteiger partial charge is 0.329 e. The molecular weight excluding hydrogens is 192 g/mol. The Kier molecular flexibility index (Phi) is 4.74. The Labute approximate surface area is 92.6 Å². The second kappa shape index (κ2) is 5.38. The summed E-state index contributed by atoms with van der Waals surface area (Å²) < 4.78 is 0. The summed E-state index contributed by atoms with van der Waals surface area (Å²) in [6, 6.07) is 0. The Morgan fingerprint density at radius 1 is 1.50 bits per heavy atom. The molecule has 2 unspecified atom stereocenters. The molecule has 1 aliphatic heterocycles. The molecule has 84 valence electrons. The van der Waals surface area contributed by atoms with Crippen molar-refractivity contribution in [1.82, 2.24) is 4.90 Å². The highest BCUT2D eigenvalue weighted by molar-refractivity contribution is 7.99. The molecule has 1 saturated heterocycles. The van der Waals surface area contributed by atoms with Crippen molar-refractivity contribution in [3.05, 3.63) is 0 Å². The summed E-state index contributed by atoms with van der Waals surface area (Å²) in [5.74, 6) is 1.26. The first-order valence-corrected chi connectivity index (χ1v) is 6.74. The minimum Gasteiger partial charge on any atom is -0.329 e. The van der Waals surface area contributed by atoms with Crippen LogP contribution in [0.3, 0.4) is 0 Å². The van der Waals surface area contributed by atoms with Gasteiger partial charge in [-0.25, -0.2) is 0 Å². The van der Waals surface area contributed by atoms with Crippen LogP contribution >= 0.6 is 11.8 Å². The first-order valence-electron chi connectivity index (χ1n) is 5.69. The van der Waals surface area contributed by atoms with Crippen molar-refractivity contribution >= 4 is 11.8 Å². The maximum atomic E-state index is 5.89. The highest BCUT2D eigenvalue weighted by atomic mass is 32.2. The van der Waals surface area contributed by atoms with Crippen molar-refractivity contribution in [3.8, 4) is 0 Å². The number of nitrogens with two attached hydrogens (primary N) is 1. The van der Waals surface area contributed by atoms with Crippen LogP contribution in [0.5, 0.6) is 0 Å². The first kappa shape index (κ1) is 12.3. The van der Waals surface area contributed by atoms with Gasteiger partial charge in [-0.2, -0.15) is 11.8 Å². The standard InChI is InChI=1S/C11H24N2S/c1-4-11(3,9-12)13-6-5-10(2)14-8-7-13/h10H,4-9,12H2,1-3H3. The SMILES string of the molecule is CCC(C)(CN)N1CCSC(C)CC1. The van der Waals surface area contributed by atoms with Gasteiger partial charge in [0.15, 0.2) is 0 Å². The van der Waals surface area contributed by atoms with E-state index in [1.165, 1.54) is 25.3 Å². The van der Waals surface area contributed by atoms with Crippen LogP contribution in [0, 0.1) is 0 Å². The molecule has 1 fully saturated rings. The lowest BCUT2D eigenvalue weighted by molar-refractivity contribution is 0.115. The van der Waals surface area contributed by atoms with Crippen molar-refractivity contribution in [2.75, 3.05) is 25.4 Å². The first-order chi connectivity index (χ1) is 6.62. The van der Waals surface area contributed by atoms with Crippen LogP contribution in [0.1, 0.15) is 33.6 Å². The lowest BCUT2D eigenvalue weighted by Gasteiger charge is -2.39. The zero-order valence-corrected chi connectivity index (χ0v) is 10.6. The van der Waals surface area contributed by atoms with E-state index in [1.54, 1.807) is 0 Å². The molecule has 0 spiro atoms. The molecule has 14 heavy (non-hydrogen) atoms. The molecule has 1 heterocycles. The van der Waals surface area contributed by atoms with E-state index in [4.69, 9.17) is 5.73 Å². The average molecular weight is 216 g/mol. The second-order valence-electron chi connectivity index (χ2n) is 4.51. The number of thioether (sulfide) groups is 1. The average Bonchev–Trinajstić information content (AvgIpc) is 2.42. The molecule has 0 amide bonds. The quantitative estimate of drug-likeness (QED) is 0.782. The topological polar surface area (TPSA) is 29.3 Å². The van der Waals surface area contributed by atoms with Crippen molar-refractivity contribution in [3.63, 3.8) is 0 Å². The third kappa shape index (κ3) is 2.88. The monoisotopic (exact) mass is 216 g/mol. The van der Waals surface area contributed by atoms with Crippen molar-refractivity contribution in [2.24, 2.45) is 5.73 Å². The summed E-state index contributed by atoms with van der Waals surface area (Å²) in [6.07, 6.45) is 2.46. The highest BCUT2D eigenvalue weighted by Crippen LogP contribution is 2.25. The third-order valence-corrected chi connectivity index (χ3v) is 4.76. The molecule has 0 bridgehead atoms. The Morgan fingerprint density at radius 2 is 2.21 bits per heavy atom. The van der Waals surface area contributed by atoms with Gasteiger partial charge >= 0.3 is 0 Å². The molecular formula is C11H24N2S. The van der Waals surface area contributed by atoms with E-state index in [2.05, 4.69) is 37.4 Å². The maximum absolute atomic E-state index is 5.89. The van der Waals surface area contributed by atoms with Crippen LogP contribution in [-0.4, -0.2) is 41.1 Å². The predicted molar refractivity (Wildman–Crippen MR) is 65.9 cm³/mol. The van der Waals surface area contributed by atoms with Crippen molar-refractivity contribution < 1.29 is 0 Å². The Hall–Kier alpha value is 0.270. The summed E-state index contributed by atoms with van der Waals surface area (Å²) in [4.78, 5) is 2.59. The van der Waals surface area contributed by atoms with Crippen molar-refractivity contribution in [2.45, 2.75) is 44.4 Å². The fourth-order valence-corrected chi connectivity index (χ4v) is 2.93. The maximum Gasteiger partial charge on any atom is 0.0301 e. The number of rotatable bonds is 3. The normalized spacial score (nSPS) is 29.6. The van der Waals surface area contributed by atoms with E-state index in [9.17, 15) is 0 Å². The van der Waals surface area contributed by atoms with Crippen LogP contribution in [-0.2, 0) is 0 Å². The fourth-order valence-electron chi connectivity index (χ4n) is 1.93. The molecule has 0 aliphatic carbocycles. The summed E-state index contributed by atoms with van der Waals surface area (Å²) in [7, 11) is 0. The van der Waals surface area contributed by atoms with Crippen LogP contribution in [0.2, 0.25) is 0 Å². The molecule has 2 nitrogen and oxygen atoms in total. The Balaban J connectivity index is 2.57. The van der Waals surface area contributed by atoms with Gasteiger partial charge in [-0.3, -0.25) is 4.90 Å². The lowest BCUT2D eigenvalue weighted by atomic mass is 9.96. The molecule has 0 aromatic rings. The molecule has 0 saturated carbocycles. The minimum absolute atomic E-state index is 0.227. The van der Waals surface area contributed by atoms with Gasteiger partial charge in [0.25, 0.3) is 0 Å². The van der Waals surface area contributed by atoms with E-state index in [0.717, 1.165) is 18.2 Å². The van der Waals surface area contributed by atoms with Gasteiger partial charge in [0.1, 0.15) is 0 Å². The summed E-state index contributed by atoms with van der Waals surface area (Å²) in [5.41, 5.74) is 6.11. The summed E-state index contributed by atoms with van der Waals surface area (Å²) in [5, 5.41) is 0.818. The van der Waals surface area contributed by atoms with E-state index in [0.29, 0.717) is 0 Å². The molecule has 0 radical (unpaired) electrons. The van der Waals surface area contributed by atoms with Gasteiger partial charge in [0, 0.05) is 29.6 Å². The van der Waals surface area contributed by atoms with E-state index < -0.39 is 0 Å². The van der Waals surface area contributed by atoms with Crippen LogP contribution < -0.4 is 5.73 Å². The minimum atomic E-state index is 0.227. The highest BCUT2D eigenvalue weighted by Gasteiger charge is 2.29. The zero-order valence-electron chi connectivity index (χ0n) is 9.75. The van der Waals surface area contributed by atoms with Gasteiger partial charge in [-0.05, 0) is 26.3 Å². The smallest absolute Gasteiger partial charge is 0.0301 e. The summed E-state index contributed by atoms with van der Waals surface area (Å²) >= 11 is 2.10. The summed E-state index contributed by atoms with van der Waals surface area (Å²) in [6.45, 7) is 10.1. The van der Waals surface area contributed by atoms with Gasteiger partial charge in [0.2, 0.25) is 0 Å². The molecule has 2 N–H and O–H groups in total. The molecule has 2 atom stereocenters. The van der Waals surface area contributed by atoms with E-state index in [-0.39, 0.29) is 5.54 Å². The number of hydrogen-bond donors (Lipinski definition) is 1. The van der Waals surface area contributed by atoms with E-state index >= 15 is 0 Å². The Bertz CT molecular complexity index is 169. The van der Waals surface area contributed by atoms with Crippen LogP contribution in [0.25, 0.3) is 0 Å². The number of nitrogens with zero attached hydrogens (tertiary/aromatic N) is 1. The molecule has 1 aliphatic rings. The van der Waals surface area contributed by atoms with Crippen molar-refractivity contribution in [1.29, 1.82) is 0 Å². The van der Waals surface area contributed by atoms with E-state index in [1.807, 2.05) is 0 Å². The van der Waals surface area contributed by atoms with Crippen LogP contribution in [0.15, 0.2) is 0 Å². The van der Waals surface area contributed by atoms with Gasteiger partial charge in [-0.1, -0.05) is 13.8 Å². The molecule has 0 aromatic carbocycles. The molecule has 3 heteroatoms. The Morgan fingerprint density at radius 3 is 2.79 bits per heavy atom. The van der Waals surface area contributed by atoms with Gasteiger partial charge in [0.05, 0.1) is 0 Å². The number of hydrogen-bond acceptors (Lipinski definition) is 3. The molecule has 1 rings (SSSR count). The van der Waals surface area contributed by atoms with Gasteiger partial charge < -0.3 is 5.73 Å².